The van der Waals surface area contributed by atoms with Crippen LogP contribution in [0.1, 0.15) is 11.9 Å². The molecule has 7 heteroatoms. The molecular formula is C12H9Cl2FN2O2. The van der Waals surface area contributed by atoms with E-state index in [1.807, 2.05) is 0 Å². The van der Waals surface area contributed by atoms with Gasteiger partial charge in [0.2, 0.25) is 5.28 Å². The molecule has 1 aromatic heterocycles. The monoisotopic (exact) mass is 302 g/mol. The van der Waals surface area contributed by atoms with Crippen molar-refractivity contribution in [1.29, 1.82) is 0 Å². The van der Waals surface area contributed by atoms with Crippen molar-refractivity contribution in [1.82, 2.24) is 9.97 Å². The lowest BCUT2D eigenvalue weighted by Crippen LogP contribution is -2.03. The lowest BCUT2D eigenvalue weighted by molar-refractivity contribution is -0.0790. The molecule has 2 rings (SSSR count). The number of aliphatic hydroxyl groups is 1. The number of benzene rings is 1. The first kappa shape index (κ1) is 14.1. The summed E-state index contributed by atoms with van der Waals surface area (Å²) in [6.07, 6.45) is 0.0145. The minimum Gasteiger partial charge on any atom is -0.364 e. The maximum Gasteiger partial charge on any atom is 0.222 e. The second kappa shape index (κ2) is 5.79. The second-order valence-corrected chi connectivity index (χ2v) is 4.41. The van der Waals surface area contributed by atoms with Gasteiger partial charge in [-0.15, -0.1) is 0 Å². The Morgan fingerprint density at radius 1 is 1.37 bits per heavy atom. The first-order valence-electron chi connectivity index (χ1n) is 5.21. The molecule has 0 bridgehead atoms. The Bertz CT molecular complexity index is 610. The minimum atomic E-state index is -1.32. The molecule has 0 amide bonds. The fourth-order valence-electron chi connectivity index (χ4n) is 1.55. The van der Waals surface area contributed by atoms with Gasteiger partial charge < -0.3 is 9.84 Å². The zero-order valence-corrected chi connectivity index (χ0v) is 11.3. The maximum absolute atomic E-state index is 13.8. The van der Waals surface area contributed by atoms with E-state index in [2.05, 4.69) is 14.7 Å². The van der Waals surface area contributed by atoms with Crippen molar-refractivity contribution in [3.8, 4) is 11.3 Å². The zero-order valence-electron chi connectivity index (χ0n) is 9.77. The van der Waals surface area contributed by atoms with Gasteiger partial charge in [0.15, 0.2) is 6.29 Å². The molecule has 0 fully saturated rings. The van der Waals surface area contributed by atoms with Gasteiger partial charge in [0.1, 0.15) is 5.82 Å². The third kappa shape index (κ3) is 3.01. The van der Waals surface area contributed by atoms with Gasteiger partial charge in [-0.25, -0.2) is 14.4 Å². The van der Waals surface area contributed by atoms with Gasteiger partial charge in [-0.2, -0.15) is 0 Å². The van der Waals surface area contributed by atoms with Gasteiger partial charge in [0, 0.05) is 18.2 Å². The van der Waals surface area contributed by atoms with E-state index in [4.69, 9.17) is 23.2 Å². The Balaban J connectivity index is 2.47. The third-order valence-corrected chi connectivity index (χ3v) is 2.94. The molecule has 2 aromatic rings. The van der Waals surface area contributed by atoms with E-state index < -0.39 is 12.1 Å². The maximum atomic E-state index is 13.8. The molecular weight excluding hydrogens is 294 g/mol. The first-order chi connectivity index (χ1) is 9.02. The molecule has 1 atom stereocenters. The fraction of sp³-hybridized carbons (Fsp3) is 0.167. The fourth-order valence-corrected chi connectivity index (χ4v) is 1.88. The summed E-state index contributed by atoms with van der Waals surface area (Å²) in [5, 5.41) is 9.70. The molecule has 0 saturated heterocycles. The summed E-state index contributed by atoms with van der Waals surface area (Å²) in [5.41, 5.74) is 0.778. The van der Waals surface area contributed by atoms with Crippen LogP contribution in [0.15, 0.2) is 24.4 Å². The normalized spacial score (nSPS) is 12.5. The molecule has 0 aliphatic rings. The number of hydrogen-bond donors (Lipinski definition) is 1. The number of aliphatic hydroxyl groups excluding tert-OH is 1. The highest BCUT2D eigenvalue weighted by atomic mass is 35.5. The van der Waals surface area contributed by atoms with E-state index in [0.717, 1.165) is 0 Å². The molecule has 4 nitrogen and oxygen atoms in total. The van der Waals surface area contributed by atoms with Gasteiger partial charge in [-0.1, -0.05) is 23.7 Å². The van der Waals surface area contributed by atoms with Crippen LogP contribution in [0.25, 0.3) is 11.3 Å². The van der Waals surface area contributed by atoms with Crippen LogP contribution in [-0.2, 0) is 4.74 Å². The van der Waals surface area contributed by atoms with Crippen LogP contribution >= 0.6 is 23.2 Å². The van der Waals surface area contributed by atoms with E-state index >= 15 is 0 Å². The van der Waals surface area contributed by atoms with Gasteiger partial charge in [-0.05, 0) is 17.7 Å². The summed E-state index contributed by atoms with van der Waals surface area (Å²) >= 11 is 11.6. The number of nitrogens with zero attached hydrogens (tertiary/aromatic N) is 2. The highest BCUT2D eigenvalue weighted by molar-refractivity contribution is 6.33. The van der Waals surface area contributed by atoms with E-state index in [1.165, 1.54) is 25.4 Å². The number of hydrogen-bond acceptors (Lipinski definition) is 4. The number of halogens is 3. The molecule has 0 saturated carbocycles. The molecule has 1 N–H and O–H groups in total. The Hall–Kier alpha value is -1.27. The standard InChI is InChI=1S/C12H9Cl2FN2O2/c1-19-11(18)7-3-2-6(4-9(7)15)10-8(13)5-16-12(14)17-10/h2-5,11,18H,1H3. The van der Waals surface area contributed by atoms with Crippen molar-refractivity contribution < 1.29 is 14.2 Å². The summed E-state index contributed by atoms with van der Waals surface area (Å²) in [6.45, 7) is 0. The Kier molecular flexibility index (Phi) is 4.31. The van der Waals surface area contributed by atoms with Crippen LogP contribution in [0.5, 0.6) is 0 Å². The number of aromatic nitrogens is 2. The largest absolute Gasteiger partial charge is 0.364 e. The van der Waals surface area contributed by atoms with Crippen molar-refractivity contribution in [3.63, 3.8) is 0 Å². The summed E-state index contributed by atoms with van der Waals surface area (Å²) in [7, 11) is 1.28. The first-order valence-corrected chi connectivity index (χ1v) is 5.97. The van der Waals surface area contributed by atoms with E-state index in [1.54, 1.807) is 6.07 Å². The molecule has 0 aliphatic heterocycles. The van der Waals surface area contributed by atoms with Gasteiger partial charge in [0.05, 0.1) is 16.9 Å². The lowest BCUT2D eigenvalue weighted by Gasteiger charge is -2.11. The highest BCUT2D eigenvalue weighted by Crippen LogP contribution is 2.29. The number of methoxy groups -OCH3 is 1. The summed E-state index contributed by atoms with van der Waals surface area (Å²) in [5.74, 6) is -0.627. The highest BCUT2D eigenvalue weighted by Gasteiger charge is 2.15. The quantitative estimate of drug-likeness (QED) is 0.698. The van der Waals surface area contributed by atoms with Gasteiger partial charge in [0.25, 0.3) is 0 Å². The minimum absolute atomic E-state index is 0.0146. The van der Waals surface area contributed by atoms with E-state index in [-0.39, 0.29) is 15.9 Å². The molecule has 1 unspecified atom stereocenters. The Morgan fingerprint density at radius 3 is 2.74 bits per heavy atom. The topological polar surface area (TPSA) is 55.2 Å². The van der Waals surface area contributed by atoms with Crippen molar-refractivity contribution in [2.24, 2.45) is 0 Å². The van der Waals surface area contributed by atoms with Crippen LogP contribution < -0.4 is 0 Å². The van der Waals surface area contributed by atoms with Crippen molar-refractivity contribution in [3.05, 3.63) is 46.1 Å². The van der Waals surface area contributed by atoms with Crippen LogP contribution in [0, 0.1) is 5.82 Å². The molecule has 0 radical (unpaired) electrons. The average molecular weight is 303 g/mol. The Labute approximate surface area is 118 Å². The van der Waals surface area contributed by atoms with Gasteiger partial charge >= 0.3 is 0 Å². The predicted molar refractivity (Wildman–Crippen MR) is 69.4 cm³/mol. The van der Waals surface area contributed by atoms with Crippen LogP contribution in [0.2, 0.25) is 10.3 Å². The predicted octanol–water partition coefficient (Wildman–Crippen LogP) is 3.23. The average Bonchev–Trinajstić information content (AvgIpc) is 2.40. The summed E-state index contributed by atoms with van der Waals surface area (Å²) in [4.78, 5) is 7.66. The van der Waals surface area contributed by atoms with Crippen LogP contribution in [0.4, 0.5) is 4.39 Å². The molecule has 100 valence electrons. The van der Waals surface area contributed by atoms with Gasteiger partial charge in [-0.3, -0.25) is 0 Å². The van der Waals surface area contributed by atoms with Crippen molar-refractivity contribution in [2.45, 2.75) is 6.29 Å². The zero-order chi connectivity index (χ0) is 14.0. The lowest BCUT2D eigenvalue weighted by atomic mass is 10.1. The summed E-state index contributed by atoms with van der Waals surface area (Å²) in [6, 6.07) is 4.15. The molecule has 0 spiro atoms. The number of ether oxygens (including phenoxy) is 1. The molecule has 1 aromatic carbocycles. The van der Waals surface area contributed by atoms with Crippen LogP contribution in [0.3, 0.4) is 0 Å². The molecule has 1 heterocycles. The molecule has 19 heavy (non-hydrogen) atoms. The van der Waals surface area contributed by atoms with Crippen molar-refractivity contribution in [2.75, 3.05) is 7.11 Å². The van der Waals surface area contributed by atoms with Crippen molar-refractivity contribution >= 4 is 23.2 Å². The number of rotatable bonds is 3. The van der Waals surface area contributed by atoms with E-state index in [9.17, 15) is 9.50 Å². The third-order valence-electron chi connectivity index (χ3n) is 2.48. The smallest absolute Gasteiger partial charge is 0.222 e. The van der Waals surface area contributed by atoms with Crippen LogP contribution in [-0.4, -0.2) is 22.2 Å². The molecule has 0 aliphatic carbocycles. The summed E-state index contributed by atoms with van der Waals surface area (Å²) < 4.78 is 18.5. The van der Waals surface area contributed by atoms with E-state index in [0.29, 0.717) is 11.3 Å². The second-order valence-electron chi connectivity index (χ2n) is 3.66. The SMILES string of the molecule is COC(O)c1ccc(-c2nc(Cl)ncc2Cl)cc1F. The Morgan fingerprint density at radius 2 is 2.11 bits per heavy atom.